The summed E-state index contributed by atoms with van der Waals surface area (Å²) >= 11 is 0. The van der Waals surface area contributed by atoms with Gasteiger partial charge in [-0.05, 0) is 65.8 Å². The monoisotopic (exact) mass is 504 g/mol. The summed E-state index contributed by atoms with van der Waals surface area (Å²) in [5, 5.41) is 9.27. The molecule has 3 aromatic rings. The highest BCUT2D eigenvalue weighted by atomic mass is 19.1. The second kappa shape index (κ2) is 15.2. The number of ether oxygens (including phenoxy) is 1. The van der Waals surface area contributed by atoms with Crippen LogP contribution in [0.2, 0.25) is 0 Å². The van der Waals surface area contributed by atoms with Crippen molar-refractivity contribution in [3.8, 4) is 28.0 Å². The number of halogens is 1. The van der Waals surface area contributed by atoms with Crippen molar-refractivity contribution in [1.29, 1.82) is 0 Å². The first kappa shape index (κ1) is 28.4. The SMILES string of the molecule is CCCCCCCOc1ccc(-c2cc(CCCCCCC)ccc2-c2ccc(C(=O)O)cc2)c(F)c1. The van der Waals surface area contributed by atoms with Crippen molar-refractivity contribution in [2.24, 2.45) is 0 Å². The number of unbranched alkanes of at least 4 members (excludes halogenated alkanes) is 8. The number of rotatable bonds is 16. The second-order valence-corrected chi connectivity index (χ2v) is 9.83. The third-order valence-electron chi connectivity index (χ3n) is 6.84. The number of carbonyl (C=O) groups is 1. The van der Waals surface area contributed by atoms with E-state index in [0.717, 1.165) is 42.4 Å². The van der Waals surface area contributed by atoms with Crippen LogP contribution in [0.15, 0.2) is 60.7 Å². The fourth-order valence-corrected chi connectivity index (χ4v) is 4.65. The normalized spacial score (nSPS) is 11.0. The molecule has 0 spiro atoms. The zero-order valence-electron chi connectivity index (χ0n) is 22.4. The van der Waals surface area contributed by atoms with Crippen molar-refractivity contribution >= 4 is 5.97 Å². The van der Waals surface area contributed by atoms with Crippen LogP contribution in [0.3, 0.4) is 0 Å². The number of hydrogen-bond donors (Lipinski definition) is 1. The van der Waals surface area contributed by atoms with E-state index >= 15 is 4.39 Å². The maximum Gasteiger partial charge on any atom is 0.335 e. The third-order valence-corrected chi connectivity index (χ3v) is 6.84. The standard InChI is InChI=1S/C33H41FO3/c1-3-5-7-9-11-13-25-14-20-29(26-15-17-27(18-16-26)33(35)36)31(23-25)30-21-19-28(24-32(30)34)37-22-12-10-8-6-4-2/h14-21,23-24H,3-13,22H2,1-2H3,(H,35,36). The molecule has 3 rings (SSSR count). The average Bonchev–Trinajstić information content (AvgIpc) is 2.90. The molecule has 0 aliphatic heterocycles. The van der Waals surface area contributed by atoms with Crippen molar-refractivity contribution in [2.75, 3.05) is 6.61 Å². The highest BCUT2D eigenvalue weighted by molar-refractivity contribution is 5.90. The molecule has 0 saturated heterocycles. The lowest BCUT2D eigenvalue weighted by molar-refractivity contribution is 0.0697. The van der Waals surface area contributed by atoms with Gasteiger partial charge in [-0.25, -0.2) is 9.18 Å². The topological polar surface area (TPSA) is 46.5 Å². The molecule has 0 heterocycles. The first-order valence-electron chi connectivity index (χ1n) is 13.9. The predicted octanol–water partition coefficient (Wildman–Crippen LogP) is 9.72. The lowest BCUT2D eigenvalue weighted by Gasteiger charge is -2.15. The van der Waals surface area contributed by atoms with Crippen molar-refractivity contribution in [2.45, 2.75) is 84.5 Å². The maximum atomic E-state index is 15.4. The fourth-order valence-electron chi connectivity index (χ4n) is 4.65. The van der Waals surface area contributed by atoms with E-state index in [1.807, 2.05) is 12.1 Å². The summed E-state index contributed by atoms with van der Waals surface area (Å²) in [5.74, 6) is -0.722. The largest absolute Gasteiger partial charge is 0.493 e. The molecule has 0 aliphatic rings. The number of hydrogen-bond acceptors (Lipinski definition) is 2. The van der Waals surface area contributed by atoms with Gasteiger partial charge in [-0.3, -0.25) is 0 Å². The number of aromatic carboxylic acids is 1. The average molecular weight is 505 g/mol. The van der Waals surface area contributed by atoms with Gasteiger partial charge in [0.2, 0.25) is 0 Å². The van der Waals surface area contributed by atoms with Gasteiger partial charge in [-0.2, -0.15) is 0 Å². The van der Waals surface area contributed by atoms with Crippen molar-refractivity contribution in [1.82, 2.24) is 0 Å². The van der Waals surface area contributed by atoms with Crippen LogP contribution in [0.5, 0.6) is 5.75 Å². The van der Waals surface area contributed by atoms with Crippen LogP contribution in [-0.2, 0) is 6.42 Å². The molecular formula is C33H41FO3. The van der Waals surface area contributed by atoms with Gasteiger partial charge < -0.3 is 9.84 Å². The molecule has 1 N–H and O–H groups in total. The number of benzene rings is 3. The van der Waals surface area contributed by atoms with E-state index in [0.29, 0.717) is 17.9 Å². The quantitative estimate of drug-likeness (QED) is 0.197. The molecule has 0 aromatic heterocycles. The molecule has 4 heteroatoms. The van der Waals surface area contributed by atoms with Gasteiger partial charge in [0.1, 0.15) is 11.6 Å². The van der Waals surface area contributed by atoms with Crippen LogP contribution in [0.1, 0.15) is 94.0 Å². The molecule has 3 nitrogen and oxygen atoms in total. The Balaban J connectivity index is 1.83. The van der Waals surface area contributed by atoms with Gasteiger partial charge in [0.15, 0.2) is 0 Å². The van der Waals surface area contributed by atoms with E-state index in [1.165, 1.54) is 56.6 Å². The van der Waals surface area contributed by atoms with E-state index in [9.17, 15) is 9.90 Å². The summed E-state index contributed by atoms with van der Waals surface area (Å²) < 4.78 is 21.3. The van der Waals surface area contributed by atoms with Gasteiger partial charge in [-0.1, -0.05) is 95.5 Å². The molecular weight excluding hydrogens is 463 g/mol. The molecule has 198 valence electrons. The fraction of sp³-hybridized carbons (Fsp3) is 0.424. The summed E-state index contributed by atoms with van der Waals surface area (Å²) in [6, 6.07) is 18.1. The molecule has 0 atom stereocenters. The zero-order valence-corrected chi connectivity index (χ0v) is 22.4. The highest BCUT2D eigenvalue weighted by Crippen LogP contribution is 2.36. The van der Waals surface area contributed by atoms with Crippen molar-refractivity contribution < 1.29 is 19.0 Å². The number of aryl methyl sites for hydroxylation is 1. The minimum Gasteiger partial charge on any atom is -0.493 e. The summed E-state index contributed by atoms with van der Waals surface area (Å²) in [7, 11) is 0. The molecule has 0 aliphatic carbocycles. The molecule has 0 bridgehead atoms. The van der Waals surface area contributed by atoms with Gasteiger partial charge >= 0.3 is 5.97 Å². The molecule has 0 unspecified atom stereocenters. The van der Waals surface area contributed by atoms with E-state index in [4.69, 9.17) is 4.74 Å². The van der Waals surface area contributed by atoms with Crippen LogP contribution < -0.4 is 4.74 Å². The molecule has 37 heavy (non-hydrogen) atoms. The van der Waals surface area contributed by atoms with Crippen LogP contribution in [0.25, 0.3) is 22.3 Å². The van der Waals surface area contributed by atoms with Crippen LogP contribution in [0.4, 0.5) is 4.39 Å². The Bertz CT molecular complexity index is 1120. The van der Waals surface area contributed by atoms with Crippen LogP contribution in [-0.4, -0.2) is 17.7 Å². The van der Waals surface area contributed by atoms with E-state index in [1.54, 1.807) is 30.3 Å². The van der Waals surface area contributed by atoms with E-state index in [2.05, 4.69) is 26.0 Å². The Morgan fingerprint density at radius 1 is 0.730 bits per heavy atom. The Kier molecular flexibility index (Phi) is 11.7. The van der Waals surface area contributed by atoms with E-state index < -0.39 is 5.97 Å². The Labute approximate surface area is 221 Å². The van der Waals surface area contributed by atoms with Crippen molar-refractivity contribution in [3.05, 3.63) is 77.6 Å². The second-order valence-electron chi connectivity index (χ2n) is 9.83. The zero-order chi connectivity index (χ0) is 26.5. The minimum atomic E-state index is -0.961. The molecule has 0 fully saturated rings. The lowest BCUT2D eigenvalue weighted by atomic mass is 9.91. The minimum absolute atomic E-state index is 0.233. The Hall–Kier alpha value is -3.14. The van der Waals surface area contributed by atoms with Crippen LogP contribution in [0, 0.1) is 5.82 Å². The first-order valence-corrected chi connectivity index (χ1v) is 13.9. The summed E-state index contributed by atoms with van der Waals surface area (Å²) in [6.45, 7) is 5.00. The smallest absolute Gasteiger partial charge is 0.335 e. The number of carboxylic acid groups (broad SMARTS) is 1. The summed E-state index contributed by atoms with van der Waals surface area (Å²) in [4.78, 5) is 11.3. The van der Waals surface area contributed by atoms with Gasteiger partial charge in [-0.15, -0.1) is 0 Å². The highest BCUT2D eigenvalue weighted by Gasteiger charge is 2.14. The first-order chi connectivity index (χ1) is 18.0. The Morgan fingerprint density at radius 2 is 1.38 bits per heavy atom. The van der Waals surface area contributed by atoms with Gasteiger partial charge in [0, 0.05) is 11.6 Å². The maximum absolute atomic E-state index is 15.4. The summed E-state index contributed by atoms with van der Waals surface area (Å²) in [6.07, 6.45) is 12.7. The van der Waals surface area contributed by atoms with Crippen molar-refractivity contribution in [3.63, 3.8) is 0 Å². The predicted molar refractivity (Wildman–Crippen MR) is 151 cm³/mol. The van der Waals surface area contributed by atoms with Crippen LogP contribution >= 0.6 is 0 Å². The van der Waals surface area contributed by atoms with Gasteiger partial charge in [0.25, 0.3) is 0 Å². The summed E-state index contributed by atoms with van der Waals surface area (Å²) in [5.41, 5.74) is 4.51. The lowest BCUT2D eigenvalue weighted by Crippen LogP contribution is -1.99. The number of carboxylic acids is 1. The third kappa shape index (κ3) is 8.73. The Morgan fingerprint density at radius 3 is 2.03 bits per heavy atom. The van der Waals surface area contributed by atoms with E-state index in [-0.39, 0.29) is 11.4 Å². The molecule has 0 saturated carbocycles. The molecule has 3 aromatic carbocycles. The molecule has 0 amide bonds. The molecule has 0 radical (unpaired) electrons. The van der Waals surface area contributed by atoms with Gasteiger partial charge in [0.05, 0.1) is 12.2 Å².